The van der Waals surface area contributed by atoms with Gasteiger partial charge < -0.3 is 19.9 Å². The van der Waals surface area contributed by atoms with Gasteiger partial charge in [-0.2, -0.15) is 0 Å². The molecule has 3 heterocycles. The summed E-state index contributed by atoms with van der Waals surface area (Å²) < 4.78 is 19.2. The standard InChI is InChI=1S/C18H19FN4.C10H20N2O3/c1-3-7-17(14(19)4-2)23-11-13-10-21-18(22-16(13)12-23)15-8-5-6-9-20-15;1-7(2)12(5)10(14)15-8(3)6-11-9(4)13/h4-10H,3,11-12H2,1-2H3;7-8H,6H2,1-5H3,(H,11,13)/b14-4+,17-7+;. The number of hydrogen-bond donors (Lipinski definition) is 1. The molecule has 1 aliphatic heterocycles. The first-order valence-corrected chi connectivity index (χ1v) is 12.8. The van der Waals surface area contributed by atoms with Crippen molar-refractivity contribution in [2.75, 3.05) is 13.6 Å². The predicted octanol–water partition coefficient (Wildman–Crippen LogP) is 5.01. The summed E-state index contributed by atoms with van der Waals surface area (Å²) in [5.41, 5.74) is 3.35. The number of nitrogens with zero attached hydrogens (tertiary/aromatic N) is 5. The van der Waals surface area contributed by atoms with Crippen LogP contribution in [0, 0.1) is 0 Å². The second kappa shape index (κ2) is 14.8. The summed E-state index contributed by atoms with van der Waals surface area (Å²) >= 11 is 0. The summed E-state index contributed by atoms with van der Waals surface area (Å²) in [4.78, 5) is 38.8. The number of amides is 2. The monoisotopic (exact) mass is 526 g/mol. The van der Waals surface area contributed by atoms with Crippen molar-refractivity contribution in [2.45, 2.75) is 73.2 Å². The van der Waals surface area contributed by atoms with E-state index in [0.717, 1.165) is 23.4 Å². The van der Waals surface area contributed by atoms with Crippen LogP contribution >= 0.6 is 0 Å². The average Bonchev–Trinajstić information content (AvgIpc) is 3.33. The van der Waals surface area contributed by atoms with Crippen molar-refractivity contribution in [1.82, 2.24) is 30.1 Å². The van der Waals surface area contributed by atoms with Crippen LogP contribution in [0.5, 0.6) is 0 Å². The van der Waals surface area contributed by atoms with Gasteiger partial charge in [0, 0.05) is 44.5 Å². The van der Waals surface area contributed by atoms with Gasteiger partial charge in [-0.15, -0.1) is 0 Å². The molecule has 1 unspecified atom stereocenters. The molecule has 0 aromatic carbocycles. The average molecular weight is 527 g/mol. The van der Waals surface area contributed by atoms with E-state index in [0.29, 0.717) is 31.2 Å². The molecule has 0 radical (unpaired) electrons. The zero-order valence-electron chi connectivity index (χ0n) is 23.4. The minimum Gasteiger partial charge on any atom is -0.445 e. The zero-order valence-corrected chi connectivity index (χ0v) is 23.4. The Morgan fingerprint density at radius 1 is 1.24 bits per heavy atom. The van der Waals surface area contributed by atoms with E-state index < -0.39 is 0 Å². The van der Waals surface area contributed by atoms with Crippen LogP contribution in [0.1, 0.15) is 59.2 Å². The van der Waals surface area contributed by atoms with Crippen LogP contribution < -0.4 is 5.32 Å². The number of hydrogen-bond acceptors (Lipinski definition) is 7. The topological polar surface area (TPSA) is 101 Å². The number of carbonyl (C=O) groups excluding carboxylic acids is 2. The first-order chi connectivity index (χ1) is 18.1. The van der Waals surface area contributed by atoms with E-state index in [1.54, 1.807) is 27.1 Å². The highest BCUT2D eigenvalue weighted by Gasteiger charge is 2.25. The fraction of sp³-hybridized carbons (Fsp3) is 0.464. The molecule has 38 heavy (non-hydrogen) atoms. The molecular weight excluding hydrogens is 487 g/mol. The van der Waals surface area contributed by atoms with E-state index in [1.807, 2.05) is 56.1 Å². The van der Waals surface area contributed by atoms with Crippen LogP contribution in [0.25, 0.3) is 11.5 Å². The third-order valence-corrected chi connectivity index (χ3v) is 5.79. The maximum atomic E-state index is 14.1. The maximum absolute atomic E-state index is 14.1. The van der Waals surface area contributed by atoms with Crippen LogP contribution in [-0.2, 0) is 22.6 Å². The molecule has 0 fully saturated rings. The highest BCUT2D eigenvalue weighted by atomic mass is 19.1. The maximum Gasteiger partial charge on any atom is 0.410 e. The Balaban J connectivity index is 0.000000296. The van der Waals surface area contributed by atoms with Crippen molar-refractivity contribution in [3.63, 3.8) is 0 Å². The van der Waals surface area contributed by atoms with Gasteiger partial charge in [0.2, 0.25) is 5.91 Å². The fourth-order valence-corrected chi connectivity index (χ4v) is 3.46. The molecule has 0 spiro atoms. The predicted molar refractivity (Wildman–Crippen MR) is 145 cm³/mol. The van der Waals surface area contributed by atoms with Crippen LogP contribution in [0.15, 0.2) is 54.3 Å². The van der Waals surface area contributed by atoms with Gasteiger partial charge in [0.15, 0.2) is 5.82 Å². The Morgan fingerprint density at radius 2 is 1.97 bits per heavy atom. The number of allylic oxidation sites excluding steroid dienone is 3. The summed E-state index contributed by atoms with van der Waals surface area (Å²) in [5.74, 6) is 0.284. The molecule has 2 aromatic heterocycles. The van der Waals surface area contributed by atoms with Crippen LogP contribution in [0.2, 0.25) is 0 Å². The first kappa shape index (κ1) is 30.4. The van der Waals surface area contributed by atoms with Gasteiger partial charge in [0.05, 0.1) is 24.5 Å². The molecule has 1 aliphatic rings. The quantitative estimate of drug-likeness (QED) is 0.483. The second-order valence-corrected chi connectivity index (χ2v) is 9.21. The van der Waals surface area contributed by atoms with Gasteiger partial charge in [0.25, 0.3) is 0 Å². The number of ether oxygens (including phenoxy) is 1. The number of pyridine rings is 1. The van der Waals surface area contributed by atoms with Crippen LogP contribution in [0.3, 0.4) is 0 Å². The van der Waals surface area contributed by atoms with E-state index in [1.165, 1.54) is 17.9 Å². The summed E-state index contributed by atoms with van der Waals surface area (Å²) in [6.07, 6.45) is 7.05. The largest absolute Gasteiger partial charge is 0.445 e. The summed E-state index contributed by atoms with van der Waals surface area (Å²) in [6.45, 7) is 12.2. The highest BCUT2D eigenvalue weighted by Crippen LogP contribution is 2.29. The lowest BCUT2D eigenvalue weighted by atomic mass is 10.2. The van der Waals surface area contributed by atoms with E-state index in [4.69, 9.17) is 4.74 Å². The zero-order chi connectivity index (χ0) is 28.2. The number of nitrogens with one attached hydrogen (secondary N) is 1. The Labute approximate surface area is 224 Å². The van der Waals surface area contributed by atoms with Crippen molar-refractivity contribution in [2.24, 2.45) is 0 Å². The highest BCUT2D eigenvalue weighted by molar-refractivity contribution is 5.73. The molecule has 1 atom stereocenters. The second-order valence-electron chi connectivity index (χ2n) is 9.21. The molecule has 0 saturated heterocycles. The molecule has 1 N–H and O–H groups in total. The van der Waals surface area contributed by atoms with E-state index in [-0.39, 0.29) is 30.0 Å². The molecule has 9 nitrogen and oxygen atoms in total. The summed E-state index contributed by atoms with van der Waals surface area (Å²) in [7, 11) is 1.68. The van der Waals surface area contributed by atoms with Crippen molar-refractivity contribution < 1.29 is 18.7 Å². The Hall–Kier alpha value is -3.82. The van der Waals surface area contributed by atoms with E-state index in [9.17, 15) is 14.0 Å². The molecule has 206 valence electrons. The third-order valence-electron chi connectivity index (χ3n) is 5.79. The lowest BCUT2D eigenvalue weighted by Gasteiger charge is -2.23. The van der Waals surface area contributed by atoms with Gasteiger partial charge in [-0.3, -0.25) is 9.78 Å². The number of halogens is 1. The van der Waals surface area contributed by atoms with Crippen molar-refractivity contribution >= 4 is 12.0 Å². The number of fused-ring (bicyclic) bond motifs is 1. The number of aromatic nitrogens is 3. The van der Waals surface area contributed by atoms with Gasteiger partial charge in [-0.25, -0.2) is 19.2 Å². The summed E-state index contributed by atoms with van der Waals surface area (Å²) in [6, 6.07) is 5.76. The lowest BCUT2D eigenvalue weighted by Crippen LogP contribution is -2.38. The van der Waals surface area contributed by atoms with Gasteiger partial charge in [0.1, 0.15) is 17.6 Å². The normalized spacial score (nSPS) is 13.9. The molecule has 0 saturated carbocycles. The Bertz CT molecular complexity index is 1140. The molecule has 10 heteroatoms. The minimum atomic E-state index is -0.372. The van der Waals surface area contributed by atoms with Gasteiger partial charge in [-0.05, 0) is 52.3 Å². The van der Waals surface area contributed by atoms with Crippen molar-refractivity contribution in [3.05, 3.63) is 65.5 Å². The molecule has 2 aromatic rings. The molecular formula is C28H39FN6O3. The van der Waals surface area contributed by atoms with Gasteiger partial charge >= 0.3 is 6.09 Å². The Kier molecular flexibility index (Phi) is 11.8. The van der Waals surface area contributed by atoms with E-state index in [2.05, 4.69) is 20.3 Å². The summed E-state index contributed by atoms with van der Waals surface area (Å²) in [5, 5.41) is 2.58. The fourth-order valence-electron chi connectivity index (χ4n) is 3.46. The van der Waals surface area contributed by atoms with E-state index >= 15 is 0 Å². The molecule has 0 bridgehead atoms. The van der Waals surface area contributed by atoms with Crippen LogP contribution in [-0.4, -0.2) is 62.5 Å². The van der Waals surface area contributed by atoms with Crippen LogP contribution in [0.4, 0.5) is 9.18 Å². The molecule has 3 rings (SSSR count). The number of carbonyl (C=O) groups is 2. The lowest BCUT2D eigenvalue weighted by molar-refractivity contribution is -0.119. The minimum absolute atomic E-state index is 0.102. The third kappa shape index (κ3) is 8.93. The first-order valence-electron chi connectivity index (χ1n) is 12.8. The number of rotatable bonds is 8. The van der Waals surface area contributed by atoms with Crippen molar-refractivity contribution in [1.29, 1.82) is 0 Å². The van der Waals surface area contributed by atoms with Crippen molar-refractivity contribution in [3.8, 4) is 11.5 Å². The van der Waals surface area contributed by atoms with Gasteiger partial charge in [-0.1, -0.05) is 19.1 Å². The molecule has 0 aliphatic carbocycles. The SMILES string of the molecule is C/C=C(F)\C(=C/CC)N1Cc2cnc(-c3ccccn3)nc2C1.CC(=O)NCC(C)OC(=O)N(C)C(C)C. The Morgan fingerprint density at radius 3 is 2.55 bits per heavy atom. The molecule has 2 amide bonds. The smallest absolute Gasteiger partial charge is 0.410 e.